The molecule has 0 radical (unpaired) electrons. The third-order valence-electron chi connectivity index (χ3n) is 3.56. The largest absolute Gasteiger partial charge is 0.326 e. The fourth-order valence-electron chi connectivity index (χ4n) is 2.66. The first-order chi connectivity index (χ1) is 7.08. The van der Waals surface area contributed by atoms with Gasteiger partial charge in [-0.15, -0.1) is 0 Å². The van der Waals surface area contributed by atoms with Gasteiger partial charge in [0.2, 0.25) is 5.91 Å². The minimum atomic E-state index is -0.000803. The molecule has 0 bridgehead atoms. The standard InChI is InChI=1S/C11H21N3O/c1-8-11(15)14(9(2)12-8)7-10-4-5-13(3)6-10/h8-10,12H,4-7H2,1-3H3. The molecular weight excluding hydrogens is 190 g/mol. The summed E-state index contributed by atoms with van der Waals surface area (Å²) in [7, 11) is 2.15. The second-order valence-electron chi connectivity index (χ2n) is 4.97. The maximum Gasteiger partial charge on any atom is 0.240 e. The molecule has 3 atom stereocenters. The van der Waals surface area contributed by atoms with E-state index in [4.69, 9.17) is 0 Å². The first-order valence-corrected chi connectivity index (χ1v) is 5.83. The van der Waals surface area contributed by atoms with Crippen LogP contribution in [0, 0.1) is 5.92 Å². The Balaban J connectivity index is 1.91. The van der Waals surface area contributed by atoms with Crippen LogP contribution in [0.3, 0.4) is 0 Å². The second kappa shape index (κ2) is 4.10. The monoisotopic (exact) mass is 211 g/mol. The Labute approximate surface area is 91.6 Å². The molecule has 2 heterocycles. The summed E-state index contributed by atoms with van der Waals surface area (Å²) in [4.78, 5) is 16.2. The Morgan fingerprint density at radius 2 is 2.20 bits per heavy atom. The molecule has 0 saturated carbocycles. The Bertz CT molecular complexity index is 256. The number of nitrogens with zero attached hydrogens (tertiary/aromatic N) is 2. The van der Waals surface area contributed by atoms with E-state index in [0.717, 1.165) is 13.1 Å². The highest BCUT2D eigenvalue weighted by atomic mass is 16.2. The van der Waals surface area contributed by atoms with Crippen LogP contribution in [0.2, 0.25) is 0 Å². The molecule has 3 unspecified atom stereocenters. The van der Waals surface area contributed by atoms with Crippen LogP contribution in [0.5, 0.6) is 0 Å². The van der Waals surface area contributed by atoms with Crippen molar-refractivity contribution in [1.29, 1.82) is 0 Å². The van der Waals surface area contributed by atoms with Crippen molar-refractivity contribution in [2.45, 2.75) is 32.5 Å². The van der Waals surface area contributed by atoms with Gasteiger partial charge in [-0.2, -0.15) is 0 Å². The summed E-state index contributed by atoms with van der Waals surface area (Å²) in [6, 6.07) is -0.000803. The van der Waals surface area contributed by atoms with E-state index in [0.29, 0.717) is 5.92 Å². The molecule has 0 aromatic rings. The molecule has 2 rings (SSSR count). The highest BCUT2D eigenvalue weighted by Gasteiger charge is 2.35. The highest BCUT2D eigenvalue weighted by molar-refractivity contribution is 5.83. The van der Waals surface area contributed by atoms with Crippen LogP contribution in [0.25, 0.3) is 0 Å². The number of carbonyl (C=O) groups excluding carboxylic acids is 1. The Morgan fingerprint density at radius 1 is 1.47 bits per heavy atom. The van der Waals surface area contributed by atoms with E-state index in [2.05, 4.69) is 24.2 Å². The number of nitrogens with one attached hydrogen (secondary N) is 1. The third kappa shape index (κ3) is 2.16. The summed E-state index contributed by atoms with van der Waals surface area (Å²) in [6.45, 7) is 7.23. The molecule has 0 aliphatic carbocycles. The second-order valence-corrected chi connectivity index (χ2v) is 4.97. The van der Waals surface area contributed by atoms with Gasteiger partial charge in [-0.1, -0.05) is 0 Å². The van der Waals surface area contributed by atoms with Crippen molar-refractivity contribution >= 4 is 5.91 Å². The number of hydrogen-bond acceptors (Lipinski definition) is 3. The summed E-state index contributed by atoms with van der Waals surface area (Å²) in [6.07, 6.45) is 1.43. The van der Waals surface area contributed by atoms with Crippen LogP contribution in [0.15, 0.2) is 0 Å². The topological polar surface area (TPSA) is 35.6 Å². The minimum absolute atomic E-state index is 0.000803. The molecule has 2 aliphatic rings. The lowest BCUT2D eigenvalue weighted by atomic mass is 10.1. The molecule has 0 aromatic heterocycles. The first kappa shape index (κ1) is 10.9. The van der Waals surface area contributed by atoms with Gasteiger partial charge < -0.3 is 9.80 Å². The molecule has 1 amide bonds. The van der Waals surface area contributed by atoms with Crippen molar-refractivity contribution in [3.63, 3.8) is 0 Å². The molecule has 15 heavy (non-hydrogen) atoms. The number of likely N-dealkylation sites (tertiary alicyclic amines) is 1. The summed E-state index contributed by atoms with van der Waals surface area (Å²) in [5.74, 6) is 0.922. The quantitative estimate of drug-likeness (QED) is 0.704. The highest BCUT2D eigenvalue weighted by Crippen LogP contribution is 2.19. The van der Waals surface area contributed by atoms with Gasteiger partial charge in [0.1, 0.15) is 0 Å². The van der Waals surface area contributed by atoms with Crippen molar-refractivity contribution in [3.8, 4) is 0 Å². The van der Waals surface area contributed by atoms with Crippen LogP contribution in [0.4, 0.5) is 0 Å². The first-order valence-electron chi connectivity index (χ1n) is 5.83. The van der Waals surface area contributed by atoms with Crippen LogP contribution in [0.1, 0.15) is 20.3 Å². The van der Waals surface area contributed by atoms with Crippen LogP contribution < -0.4 is 5.32 Å². The smallest absolute Gasteiger partial charge is 0.240 e. The fourth-order valence-corrected chi connectivity index (χ4v) is 2.66. The zero-order valence-corrected chi connectivity index (χ0v) is 9.86. The third-order valence-corrected chi connectivity index (χ3v) is 3.56. The number of hydrogen-bond donors (Lipinski definition) is 1. The maximum atomic E-state index is 11.8. The Morgan fingerprint density at radius 3 is 2.67 bits per heavy atom. The summed E-state index contributed by atoms with van der Waals surface area (Å²) >= 11 is 0. The van der Waals surface area contributed by atoms with Gasteiger partial charge >= 0.3 is 0 Å². The van der Waals surface area contributed by atoms with E-state index >= 15 is 0 Å². The summed E-state index contributed by atoms with van der Waals surface area (Å²) in [5.41, 5.74) is 0. The average Bonchev–Trinajstić information content (AvgIpc) is 2.67. The van der Waals surface area contributed by atoms with E-state index < -0.39 is 0 Å². The average molecular weight is 211 g/mol. The van der Waals surface area contributed by atoms with E-state index in [1.165, 1.54) is 13.0 Å². The van der Waals surface area contributed by atoms with Gasteiger partial charge in [0, 0.05) is 13.1 Å². The SMILES string of the molecule is CC1NC(C)N(CC2CCN(C)C2)C1=O. The molecule has 4 heteroatoms. The lowest BCUT2D eigenvalue weighted by Gasteiger charge is -2.24. The molecular formula is C11H21N3O. The lowest BCUT2D eigenvalue weighted by molar-refractivity contribution is -0.130. The van der Waals surface area contributed by atoms with E-state index in [-0.39, 0.29) is 18.1 Å². The van der Waals surface area contributed by atoms with Crippen molar-refractivity contribution < 1.29 is 4.79 Å². The van der Waals surface area contributed by atoms with Crippen molar-refractivity contribution in [2.24, 2.45) is 5.92 Å². The molecule has 2 aliphatic heterocycles. The Kier molecular flexibility index (Phi) is 2.98. The zero-order valence-electron chi connectivity index (χ0n) is 9.86. The molecule has 86 valence electrons. The molecule has 0 aromatic carbocycles. The van der Waals surface area contributed by atoms with Gasteiger partial charge in [-0.05, 0) is 39.8 Å². The van der Waals surface area contributed by atoms with Crippen LogP contribution in [-0.4, -0.2) is 54.6 Å². The lowest BCUT2D eigenvalue weighted by Crippen LogP contribution is -2.38. The van der Waals surface area contributed by atoms with Crippen LogP contribution in [-0.2, 0) is 4.79 Å². The van der Waals surface area contributed by atoms with Crippen molar-refractivity contribution in [1.82, 2.24) is 15.1 Å². The molecule has 4 nitrogen and oxygen atoms in total. The predicted molar refractivity (Wildman–Crippen MR) is 59.4 cm³/mol. The van der Waals surface area contributed by atoms with E-state index in [1.54, 1.807) is 0 Å². The molecule has 2 fully saturated rings. The van der Waals surface area contributed by atoms with Gasteiger partial charge in [-0.25, -0.2) is 0 Å². The maximum absolute atomic E-state index is 11.8. The Hall–Kier alpha value is -0.610. The normalized spacial score (nSPS) is 37.9. The molecule has 0 spiro atoms. The predicted octanol–water partition coefficient (Wildman–Crippen LogP) is 0.104. The van der Waals surface area contributed by atoms with Gasteiger partial charge in [0.15, 0.2) is 0 Å². The van der Waals surface area contributed by atoms with Gasteiger partial charge in [0.25, 0.3) is 0 Å². The van der Waals surface area contributed by atoms with Gasteiger partial charge in [-0.3, -0.25) is 10.1 Å². The summed E-state index contributed by atoms with van der Waals surface area (Å²) < 4.78 is 0. The van der Waals surface area contributed by atoms with Crippen molar-refractivity contribution in [3.05, 3.63) is 0 Å². The number of amides is 1. The number of carbonyl (C=O) groups is 1. The molecule has 1 N–H and O–H groups in total. The minimum Gasteiger partial charge on any atom is -0.326 e. The van der Waals surface area contributed by atoms with Crippen molar-refractivity contribution in [2.75, 3.05) is 26.7 Å². The van der Waals surface area contributed by atoms with E-state index in [1.807, 2.05) is 11.8 Å². The van der Waals surface area contributed by atoms with Gasteiger partial charge in [0.05, 0.1) is 12.2 Å². The van der Waals surface area contributed by atoms with E-state index in [9.17, 15) is 4.79 Å². The fraction of sp³-hybridized carbons (Fsp3) is 0.909. The zero-order chi connectivity index (χ0) is 11.0. The number of rotatable bonds is 2. The van der Waals surface area contributed by atoms with Crippen LogP contribution >= 0.6 is 0 Å². The molecule has 2 saturated heterocycles. The summed E-state index contributed by atoms with van der Waals surface area (Å²) in [5, 5.41) is 3.26.